The van der Waals surface area contributed by atoms with E-state index >= 15 is 0 Å². The van der Waals surface area contributed by atoms with Crippen molar-refractivity contribution in [2.45, 2.75) is 32.4 Å². The molecule has 4 heteroatoms. The molecule has 0 aliphatic carbocycles. The Morgan fingerprint density at radius 2 is 1.87 bits per heavy atom. The van der Waals surface area contributed by atoms with E-state index in [0.717, 1.165) is 31.3 Å². The van der Waals surface area contributed by atoms with Gasteiger partial charge in [-0.15, -0.1) is 0 Å². The average molecular weight is 227 g/mol. The first-order valence-corrected chi connectivity index (χ1v) is 6.07. The van der Waals surface area contributed by atoms with Gasteiger partial charge in [0.1, 0.15) is 0 Å². The highest BCUT2D eigenvalue weighted by Crippen LogP contribution is 2.24. The molecule has 0 aromatic carbocycles. The Morgan fingerprint density at radius 3 is 2.47 bits per heavy atom. The molecule has 0 bridgehead atoms. The number of thiocarbonyl (C=S) groups is 1. The zero-order valence-electron chi connectivity index (χ0n) is 10.2. The highest BCUT2D eigenvalue weighted by molar-refractivity contribution is 7.80. The van der Waals surface area contributed by atoms with Gasteiger partial charge in [-0.05, 0) is 33.0 Å². The van der Waals surface area contributed by atoms with Crippen LogP contribution < -0.4 is 0 Å². The van der Waals surface area contributed by atoms with Crippen LogP contribution in [0.5, 0.6) is 0 Å². The largest absolute Gasteiger partial charge is 0.350 e. The second-order valence-corrected chi connectivity index (χ2v) is 5.99. The van der Waals surface area contributed by atoms with Crippen LogP contribution in [0.25, 0.3) is 0 Å². The Morgan fingerprint density at radius 1 is 1.20 bits per heavy atom. The summed E-state index contributed by atoms with van der Waals surface area (Å²) < 4.78 is 0. The highest BCUT2D eigenvalue weighted by Gasteiger charge is 2.38. The maximum atomic E-state index is 5.40. The lowest BCUT2D eigenvalue weighted by Crippen LogP contribution is -2.57. The number of piperazine rings is 1. The smallest absolute Gasteiger partial charge is 0.171 e. The van der Waals surface area contributed by atoms with Crippen molar-refractivity contribution in [3.05, 3.63) is 0 Å². The van der Waals surface area contributed by atoms with Crippen molar-refractivity contribution < 1.29 is 0 Å². The molecule has 0 N–H and O–H groups in total. The van der Waals surface area contributed by atoms with Crippen molar-refractivity contribution in [2.24, 2.45) is 0 Å². The fraction of sp³-hybridized carbons (Fsp3) is 0.909. The van der Waals surface area contributed by atoms with E-state index in [2.05, 4.69) is 42.5 Å². The Bertz CT molecular complexity index is 271. The molecule has 0 amide bonds. The molecule has 1 atom stereocenters. The van der Waals surface area contributed by atoms with Gasteiger partial charge in [0.05, 0.1) is 6.04 Å². The second-order valence-electron chi connectivity index (χ2n) is 5.63. The summed E-state index contributed by atoms with van der Waals surface area (Å²) >= 11 is 5.40. The molecule has 86 valence electrons. The summed E-state index contributed by atoms with van der Waals surface area (Å²) in [5.41, 5.74) is 0.287. The summed E-state index contributed by atoms with van der Waals surface area (Å²) in [5, 5.41) is 1.04. The topological polar surface area (TPSA) is 9.72 Å². The molecular weight excluding hydrogens is 206 g/mol. The molecule has 2 rings (SSSR count). The van der Waals surface area contributed by atoms with Crippen molar-refractivity contribution in [3.8, 4) is 0 Å². The monoisotopic (exact) mass is 227 g/mol. The fourth-order valence-electron chi connectivity index (χ4n) is 2.49. The minimum atomic E-state index is 0.287. The lowest BCUT2D eigenvalue weighted by Gasteiger charge is -2.44. The highest BCUT2D eigenvalue weighted by atomic mass is 32.1. The quantitative estimate of drug-likeness (QED) is 0.571. The van der Waals surface area contributed by atoms with Gasteiger partial charge in [0.25, 0.3) is 0 Å². The number of nitrogens with zero attached hydrogens (tertiary/aromatic N) is 3. The Hall–Kier alpha value is -0.350. The summed E-state index contributed by atoms with van der Waals surface area (Å²) in [6, 6.07) is 0.607. The summed E-state index contributed by atoms with van der Waals surface area (Å²) in [6.07, 6.45) is 0. The van der Waals surface area contributed by atoms with E-state index in [0.29, 0.717) is 6.04 Å². The van der Waals surface area contributed by atoms with E-state index < -0.39 is 0 Å². The van der Waals surface area contributed by atoms with E-state index in [1.54, 1.807) is 0 Å². The zero-order chi connectivity index (χ0) is 11.2. The van der Waals surface area contributed by atoms with Crippen molar-refractivity contribution in [1.82, 2.24) is 14.7 Å². The first-order chi connectivity index (χ1) is 6.89. The molecule has 2 fully saturated rings. The summed E-state index contributed by atoms with van der Waals surface area (Å²) in [7, 11) is 2.10. The standard InChI is InChI=1S/C11H21N3S/c1-11(2,3)13-5-6-14-9(8-13)7-12(4)10(14)15/h9H,5-8H2,1-4H3/t9-/m1/s1. The van der Waals surface area contributed by atoms with Crippen molar-refractivity contribution in [2.75, 3.05) is 33.2 Å². The van der Waals surface area contributed by atoms with Crippen LogP contribution >= 0.6 is 12.2 Å². The molecule has 0 aromatic heterocycles. The number of hydrogen-bond acceptors (Lipinski definition) is 2. The van der Waals surface area contributed by atoms with E-state index in [9.17, 15) is 0 Å². The number of hydrogen-bond donors (Lipinski definition) is 0. The van der Waals surface area contributed by atoms with Crippen LogP contribution in [-0.4, -0.2) is 64.6 Å². The van der Waals surface area contributed by atoms with Crippen LogP contribution in [0.1, 0.15) is 20.8 Å². The maximum Gasteiger partial charge on any atom is 0.171 e. The van der Waals surface area contributed by atoms with Crippen LogP contribution in [-0.2, 0) is 0 Å². The predicted octanol–water partition coefficient (Wildman–Crippen LogP) is 1.00. The van der Waals surface area contributed by atoms with Gasteiger partial charge in [0, 0.05) is 38.8 Å². The normalized spacial score (nSPS) is 28.5. The lowest BCUT2D eigenvalue weighted by molar-refractivity contribution is 0.0639. The zero-order valence-corrected chi connectivity index (χ0v) is 11.0. The Balaban J connectivity index is 2.06. The van der Waals surface area contributed by atoms with Crippen molar-refractivity contribution >= 4 is 17.3 Å². The van der Waals surface area contributed by atoms with Gasteiger partial charge >= 0.3 is 0 Å². The molecule has 2 heterocycles. The van der Waals surface area contributed by atoms with Gasteiger partial charge in [-0.25, -0.2) is 0 Å². The number of rotatable bonds is 0. The van der Waals surface area contributed by atoms with E-state index in [1.165, 1.54) is 0 Å². The van der Waals surface area contributed by atoms with Gasteiger partial charge in [-0.3, -0.25) is 4.90 Å². The maximum absolute atomic E-state index is 5.40. The van der Waals surface area contributed by atoms with Crippen LogP contribution in [0.15, 0.2) is 0 Å². The second kappa shape index (κ2) is 3.59. The van der Waals surface area contributed by atoms with Crippen LogP contribution in [0, 0.1) is 0 Å². The van der Waals surface area contributed by atoms with E-state index in [1.807, 2.05) is 0 Å². The summed E-state index contributed by atoms with van der Waals surface area (Å²) in [5.74, 6) is 0. The third-order valence-electron chi connectivity index (χ3n) is 3.49. The third kappa shape index (κ3) is 1.97. The van der Waals surface area contributed by atoms with Gasteiger partial charge in [-0.2, -0.15) is 0 Å². The molecule has 2 saturated heterocycles. The minimum absolute atomic E-state index is 0.287. The molecule has 3 nitrogen and oxygen atoms in total. The summed E-state index contributed by atoms with van der Waals surface area (Å²) in [4.78, 5) is 7.15. The predicted molar refractivity (Wildman–Crippen MR) is 67.0 cm³/mol. The fourth-order valence-corrected chi connectivity index (χ4v) is 2.80. The Kier molecular flexibility index (Phi) is 2.67. The first-order valence-electron chi connectivity index (χ1n) is 5.66. The van der Waals surface area contributed by atoms with Gasteiger partial charge in [0.15, 0.2) is 5.11 Å². The number of likely N-dealkylation sites (N-methyl/N-ethyl adjacent to an activating group) is 1. The molecular formula is C11H21N3S. The van der Waals surface area contributed by atoms with E-state index in [4.69, 9.17) is 12.2 Å². The van der Waals surface area contributed by atoms with Crippen molar-refractivity contribution in [1.29, 1.82) is 0 Å². The molecule has 15 heavy (non-hydrogen) atoms. The molecule has 2 aliphatic rings. The van der Waals surface area contributed by atoms with Gasteiger partial charge in [-0.1, -0.05) is 0 Å². The third-order valence-corrected chi connectivity index (χ3v) is 4.03. The van der Waals surface area contributed by atoms with Crippen LogP contribution in [0.2, 0.25) is 0 Å². The Labute approximate surface area is 98.0 Å². The SMILES string of the molecule is CN1C[C@@H]2CN(C(C)(C)C)CCN2C1=S. The number of fused-ring (bicyclic) bond motifs is 1. The molecule has 0 unspecified atom stereocenters. The molecule has 2 aliphatic heterocycles. The van der Waals surface area contributed by atoms with E-state index in [-0.39, 0.29) is 5.54 Å². The minimum Gasteiger partial charge on any atom is -0.350 e. The van der Waals surface area contributed by atoms with Gasteiger partial charge in [0.2, 0.25) is 0 Å². The molecule has 0 aromatic rings. The van der Waals surface area contributed by atoms with Crippen LogP contribution in [0.4, 0.5) is 0 Å². The van der Waals surface area contributed by atoms with Crippen LogP contribution in [0.3, 0.4) is 0 Å². The lowest BCUT2D eigenvalue weighted by atomic mass is 10.0. The van der Waals surface area contributed by atoms with Gasteiger partial charge < -0.3 is 9.80 Å². The molecule has 0 saturated carbocycles. The summed E-state index contributed by atoms with van der Waals surface area (Å²) in [6.45, 7) is 11.3. The molecule has 0 spiro atoms. The molecule has 0 radical (unpaired) electrons. The first kappa shape index (κ1) is 11.1. The van der Waals surface area contributed by atoms with Crippen molar-refractivity contribution in [3.63, 3.8) is 0 Å². The average Bonchev–Trinajstić information content (AvgIpc) is 2.41.